The second-order valence-electron chi connectivity index (χ2n) is 5.48. The maximum absolute atomic E-state index is 11.6. The van der Waals surface area contributed by atoms with Gasteiger partial charge in [-0.2, -0.15) is 4.68 Å². The van der Waals surface area contributed by atoms with Gasteiger partial charge in [0.15, 0.2) is 26.8 Å². The Morgan fingerprint density at radius 3 is 2.74 bits per heavy atom. The van der Waals surface area contributed by atoms with Crippen molar-refractivity contribution < 1.29 is 8.42 Å². The van der Waals surface area contributed by atoms with Crippen LogP contribution in [0.5, 0.6) is 0 Å². The summed E-state index contributed by atoms with van der Waals surface area (Å²) in [4.78, 5) is 8.44. The van der Waals surface area contributed by atoms with Gasteiger partial charge in [-0.15, -0.1) is 5.10 Å². The molecule has 3 heterocycles. The number of aromatic nitrogens is 5. The summed E-state index contributed by atoms with van der Waals surface area (Å²) < 4.78 is 24.8. The number of nitrogens with one attached hydrogen (secondary N) is 1. The van der Waals surface area contributed by atoms with Crippen molar-refractivity contribution in [2.45, 2.75) is 12.5 Å². The molecule has 118 valence electrons. The first-order chi connectivity index (χ1) is 11.1. The highest BCUT2D eigenvalue weighted by Crippen LogP contribution is 2.22. The summed E-state index contributed by atoms with van der Waals surface area (Å²) in [6.45, 7) is 0. The van der Waals surface area contributed by atoms with E-state index < -0.39 is 9.84 Å². The first-order valence-electron chi connectivity index (χ1n) is 7.21. The van der Waals surface area contributed by atoms with Crippen LogP contribution >= 0.6 is 0 Å². The molecule has 0 spiro atoms. The van der Waals surface area contributed by atoms with Crippen LogP contribution in [0.25, 0.3) is 16.9 Å². The molecule has 1 aliphatic rings. The number of anilines is 1. The van der Waals surface area contributed by atoms with Crippen molar-refractivity contribution in [1.82, 2.24) is 25.0 Å². The summed E-state index contributed by atoms with van der Waals surface area (Å²) in [7, 11) is -2.95. The third kappa shape index (κ3) is 2.63. The van der Waals surface area contributed by atoms with Gasteiger partial charge >= 0.3 is 0 Å². The number of rotatable bonds is 3. The highest BCUT2D eigenvalue weighted by atomic mass is 32.2. The topological polar surface area (TPSA) is 103 Å². The molecule has 23 heavy (non-hydrogen) atoms. The summed E-state index contributed by atoms with van der Waals surface area (Å²) >= 11 is 0. The Balaban J connectivity index is 1.71. The predicted molar refractivity (Wildman–Crippen MR) is 85.1 cm³/mol. The van der Waals surface area contributed by atoms with Crippen molar-refractivity contribution in [3.63, 3.8) is 0 Å². The number of fused-ring (bicyclic) bond motifs is 1. The summed E-state index contributed by atoms with van der Waals surface area (Å²) in [6.07, 6.45) is 2.00. The van der Waals surface area contributed by atoms with Crippen LogP contribution in [-0.2, 0) is 9.84 Å². The first-order valence-corrected chi connectivity index (χ1v) is 9.03. The van der Waals surface area contributed by atoms with Gasteiger partial charge in [-0.25, -0.2) is 18.4 Å². The molecular formula is C14H14N6O2S. The normalized spacial score (nSPS) is 19.9. The lowest BCUT2D eigenvalue weighted by molar-refractivity contribution is 0.602. The Kier molecular flexibility index (Phi) is 3.22. The quantitative estimate of drug-likeness (QED) is 0.758. The molecule has 2 aromatic heterocycles. The molecule has 8 nitrogen and oxygen atoms in total. The van der Waals surface area contributed by atoms with Crippen LogP contribution in [0.1, 0.15) is 6.42 Å². The average molecular weight is 330 g/mol. The minimum Gasteiger partial charge on any atom is -0.364 e. The molecule has 1 atom stereocenters. The fourth-order valence-electron chi connectivity index (χ4n) is 2.70. The fourth-order valence-corrected chi connectivity index (χ4v) is 4.37. The average Bonchev–Trinajstić information content (AvgIpc) is 3.12. The minimum atomic E-state index is -2.95. The molecule has 9 heteroatoms. The minimum absolute atomic E-state index is 0.116. The standard InChI is InChI=1S/C14H14N6O2S/c21-23(22)7-6-10(8-23)17-13-12-14(16-9-15-13)20(19-18-12)11-4-2-1-3-5-11/h1-5,9-10H,6-8H2,(H,15,16,17)/t10-/m0/s1. The molecule has 0 amide bonds. The molecule has 1 saturated heterocycles. The van der Waals surface area contributed by atoms with Crippen LogP contribution in [0.2, 0.25) is 0 Å². The van der Waals surface area contributed by atoms with Crippen molar-refractivity contribution >= 4 is 26.8 Å². The second-order valence-corrected chi connectivity index (χ2v) is 7.70. The first kappa shape index (κ1) is 14.1. The third-order valence-electron chi connectivity index (χ3n) is 3.81. The molecule has 1 aromatic carbocycles. The smallest absolute Gasteiger partial charge is 0.188 e. The van der Waals surface area contributed by atoms with Crippen LogP contribution in [0.3, 0.4) is 0 Å². The lowest BCUT2D eigenvalue weighted by Gasteiger charge is -2.11. The maximum atomic E-state index is 11.6. The molecule has 0 aliphatic carbocycles. The van der Waals surface area contributed by atoms with Crippen molar-refractivity contribution in [2.75, 3.05) is 16.8 Å². The van der Waals surface area contributed by atoms with Gasteiger partial charge in [-0.3, -0.25) is 0 Å². The highest BCUT2D eigenvalue weighted by Gasteiger charge is 2.28. The van der Waals surface area contributed by atoms with E-state index in [-0.39, 0.29) is 17.5 Å². The molecule has 1 fully saturated rings. The lowest BCUT2D eigenvalue weighted by Crippen LogP contribution is -2.21. The molecule has 4 rings (SSSR count). The van der Waals surface area contributed by atoms with Crippen molar-refractivity contribution in [2.24, 2.45) is 0 Å². The fraction of sp³-hybridized carbons (Fsp3) is 0.286. The van der Waals surface area contributed by atoms with E-state index in [0.717, 1.165) is 5.69 Å². The molecule has 3 aromatic rings. The Morgan fingerprint density at radius 1 is 1.17 bits per heavy atom. The molecule has 1 aliphatic heterocycles. The van der Waals surface area contributed by atoms with Gasteiger partial charge in [0.1, 0.15) is 6.33 Å². The Labute approximate surface area is 132 Å². The number of hydrogen-bond donors (Lipinski definition) is 1. The molecule has 0 unspecified atom stereocenters. The van der Waals surface area contributed by atoms with Crippen molar-refractivity contribution in [1.29, 1.82) is 0 Å². The van der Waals surface area contributed by atoms with E-state index in [1.165, 1.54) is 6.33 Å². The van der Waals surface area contributed by atoms with E-state index in [9.17, 15) is 8.42 Å². The van der Waals surface area contributed by atoms with Gasteiger partial charge in [0.25, 0.3) is 0 Å². The SMILES string of the molecule is O=S1(=O)CC[C@H](Nc2ncnc3c2nnn3-c2ccccc2)C1. The molecule has 0 bridgehead atoms. The Hall–Kier alpha value is -2.55. The van der Waals surface area contributed by atoms with Crippen molar-refractivity contribution in [3.05, 3.63) is 36.7 Å². The number of benzene rings is 1. The van der Waals surface area contributed by atoms with Crippen LogP contribution in [0.4, 0.5) is 5.82 Å². The van der Waals surface area contributed by atoms with Crippen LogP contribution < -0.4 is 5.32 Å². The number of para-hydroxylation sites is 1. The molecule has 0 radical (unpaired) electrons. The predicted octanol–water partition coefficient (Wildman–Crippen LogP) is 0.809. The van der Waals surface area contributed by atoms with E-state index in [4.69, 9.17) is 0 Å². The van der Waals surface area contributed by atoms with E-state index in [1.54, 1.807) is 4.68 Å². The highest BCUT2D eigenvalue weighted by molar-refractivity contribution is 7.91. The summed E-state index contributed by atoms with van der Waals surface area (Å²) in [5.41, 5.74) is 1.96. The summed E-state index contributed by atoms with van der Waals surface area (Å²) in [6, 6.07) is 9.41. The number of sulfone groups is 1. The second kappa shape index (κ2) is 5.27. The van der Waals surface area contributed by atoms with E-state index >= 15 is 0 Å². The van der Waals surface area contributed by atoms with Crippen molar-refractivity contribution in [3.8, 4) is 5.69 Å². The van der Waals surface area contributed by atoms with Crippen LogP contribution in [-0.4, -0.2) is 50.9 Å². The van der Waals surface area contributed by atoms with Gasteiger partial charge < -0.3 is 5.32 Å². The number of hydrogen-bond acceptors (Lipinski definition) is 7. The van der Waals surface area contributed by atoms with Crippen LogP contribution in [0.15, 0.2) is 36.7 Å². The largest absolute Gasteiger partial charge is 0.364 e. The van der Waals surface area contributed by atoms with E-state index in [0.29, 0.717) is 23.4 Å². The Bertz CT molecular complexity index is 954. The summed E-state index contributed by atoms with van der Waals surface area (Å²) in [5.74, 6) is 0.834. The molecule has 1 N–H and O–H groups in total. The van der Waals surface area contributed by atoms with E-state index in [1.807, 2.05) is 30.3 Å². The monoisotopic (exact) mass is 330 g/mol. The zero-order valence-corrected chi connectivity index (χ0v) is 12.9. The van der Waals surface area contributed by atoms with Crippen LogP contribution in [0, 0.1) is 0 Å². The van der Waals surface area contributed by atoms with E-state index in [2.05, 4.69) is 25.6 Å². The Morgan fingerprint density at radius 2 is 2.00 bits per heavy atom. The maximum Gasteiger partial charge on any atom is 0.188 e. The third-order valence-corrected chi connectivity index (χ3v) is 5.58. The van der Waals surface area contributed by atoms with Gasteiger partial charge in [0, 0.05) is 6.04 Å². The lowest BCUT2D eigenvalue weighted by atomic mass is 10.2. The molecular weight excluding hydrogens is 316 g/mol. The van der Waals surface area contributed by atoms with Gasteiger partial charge in [-0.05, 0) is 18.6 Å². The van der Waals surface area contributed by atoms with Gasteiger partial charge in [0.2, 0.25) is 0 Å². The zero-order chi connectivity index (χ0) is 15.9. The van der Waals surface area contributed by atoms with Gasteiger partial charge in [0.05, 0.1) is 17.2 Å². The number of nitrogens with zero attached hydrogens (tertiary/aromatic N) is 5. The molecule has 0 saturated carbocycles. The summed E-state index contributed by atoms with van der Waals surface area (Å²) in [5, 5.41) is 11.4. The van der Waals surface area contributed by atoms with Gasteiger partial charge in [-0.1, -0.05) is 23.4 Å². The zero-order valence-electron chi connectivity index (χ0n) is 12.1.